The van der Waals surface area contributed by atoms with E-state index >= 15 is 0 Å². The standard InChI is InChI=1S/2C18H16N3.CH4.Ir/c1-21(2)16-9-11-20-18(13-16)15-7-5-6-14(12-15)17-8-3-4-10-19-17;1-21(2)15-11-12-19-18(13-15)17-10-6-9-16(20-17)14-7-4-3-5-8-14;;/h3-11,13H,1-2H3;3-7,9-13H,1-2H3;1H4;/q2*-1;;. The molecule has 0 spiro atoms. The van der Waals surface area contributed by atoms with Gasteiger partial charge in [-0.05, 0) is 42.1 Å². The smallest absolute Gasteiger partial charge is 0.0897 e. The van der Waals surface area contributed by atoms with Crippen LogP contribution in [0.15, 0.2) is 122 Å². The summed E-state index contributed by atoms with van der Waals surface area (Å²) >= 11 is 0. The SMILES string of the molecule is C.CN(C)c1ccnc(-c2[c-]c(-c3ccccn3)ccc2)c1.CN(C)c1ccnc(-c2cccc(-c3[c-]cccc3)n2)c1.[Ir]. The third-order valence-corrected chi connectivity index (χ3v) is 6.53. The van der Waals surface area contributed by atoms with Crippen LogP contribution in [0.25, 0.3) is 45.2 Å². The monoisotopic (exact) mass is 757 g/mol. The Hall–Kier alpha value is -4.71. The van der Waals surface area contributed by atoms with Gasteiger partial charge in [-0.25, -0.2) is 0 Å². The zero-order chi connectivity index (χ0) is 29.3. The molecular formula is C37H36IrN6-2. The molecule has 0 aliphatic carbocycles. The molecule has 0 N–H and O–H groups in total. The first-order chi connectivity index (χ1) is 20.5. The van der Waals surface area contributed by atoms with Crippen LogP contribution in [0.4, 0.5) is 11.4 Å². The first-order valence-electron chi connectivity index (χ1n) is 13.6. The predicted octanol–water partition coefficient (Wildman–Crippen LogP) is 7.99. The van der Waals surface area contributed by atoms with Gasteiger partial charge in [0.2, 0.25) is 0 Å². The molecule has 0 saturated carbocycles. The van der Waals surface area contributed by atoms with Gasteiger partial charge in [-0.3, -0.25) is 19.9 Å². The van der Waals surface area contributed by atoms with Crippen molar-refractivity contribution >= 4 is 11.4 Å². The summed E-state index contributed by atoms with van der Waals surface area (Å²) in [6.07, 6.45) is 5.43. The Morgan fingerprint density at radius 1 is 0.500 bits per heavy atom. The summed E-state index contributed by atoms with van der Waals surface area (Å²) < 4.78 is 0. The molecule has 0 atom stereocenters. The molecular weight excluding hydrogens is 721 g/mol. The fourth-order valence-electron chi connectivity index (χ4n) is 4.25. The minimum Gasteiger partial charge on any atom is -0.378 e. The van der Waals surface area contributed by atoms with Gasteiger partial charge in [0.15, 0.2) is 0 Å². The molecule has 7 heteroatoms. The molecule has 0 aliphatic rings. The Kier molecular flexibility index (Phi) is 12.5. The van der Waals surface area contributed by atoms with E-state index < -0.39 is 0 Å². The summed E-state index contributed by atoms with van der Waals surface area (Å²) in [6, 6.07) is 40.4. The van der Waals surface area contributed by atoms with Crippen LogP contribution in [0.1, 0.15) is 7.43 Å². The predicted molar refractivity (Wildman–Crippen MR) is 179 cm³/mol. The number of hydrogen-bond donors (Lipinski definition) is 0. The molecule has 44 heavy (non-hydrogen) atoms. The molecule has 0 bridgehead atoms. The molecule has 6 aromatic rings. The van der Waals surface area contributed by atoms with E-state index in [9.17, 15) is 0 Å². The first-order valence-corrected chi connectivity index (χ1v) is 13.6. The van der Waals surface area contributed by atoms with Crippen LogP contribution in [0.5, 0.6) is 0 Å². The summed E-state index contributed by atoms with van der Waals surface area (Å²) in [5.74, 6) is 0. The van der Waals surface area contributed by atoms with Crippen molar-refractivity contribution < 1.29 is 20.1 Å². The van der Waals surface area contributed by atoms with Crippen molar-refractivity contribution in [2.45, 2.75) is 7.43 Å². The van der Waals surface area contributed by atoms with Crippen molar-refractivity contribution in [2.24, 2.45) is 0 Å². The minimum absolute atomic E-state index is 0. The number of hydrogen-bond acceptors (Lipinski definition) is 6. The fourth-order valence-corrected chi connectivity index (χ4v) is 4.25. The molecule has 0 aliphatic heterocycles. The maximum absolute atomic E-state index is 4.70. The average molecular weight is 757 g/mol. The average Bonchev–Trinajstić information content (AvgIpc) is 3.06. The first kappa shape index (κ1) is 33.8. The molecule has 225 valence electrons. The summed E-state index contributed by atoms with van der Waals surface area (Å²) in [6.45, 7) is 0. The Labute approximate surface area is 274 Å². The maximum atomic E-state index is 4.70. The van der Waals surface area contributed by atoms with Gasteiger partial charge in [-0.15, -0.1) is 60.2 Å². The zero-order valence-electron chi connectivity index (χ0n) is 24.6. The van der Waals surface area contributed by atoms with Gasteiger partial charge in [0.1, 0.15) is 0 Å². The largest absolute Gasteiger partial charge is 0.378 e. The molecule has 4 aromatic heterocycles. The van der Waals surface area contributed by atoms with Crippen LogP contribution in [0, 0.1) is 12.1 Å². The van der Waals surface area contributed by atoms with Crippen molar-refractivity contribution in [1.82, 2.24) is 19.9 Å². The van der Waals surface area contributed by atoms with Crippen LogP contribution in [-0.2, 0) is 20.1 Å². The Morgan fingerprint density at radius 3 is 1.68 bits per heavy atom. The van der Waals surface area contributed by atoms with E-state index in [4.69, 9.17) is 4.98 Å². The molecule has 0 saturated heterocycles. The summed E-state index contributed by atoms with van der Waals surface area (Å²) in [5.41, 5.74) is 9.66. The van der Waals surface area contributed by atoms with E-state index in [0.717, 1.165) is 56.5 Å². The van der Waals surface area contributed by atoms with E-state index in [0.29, 0.717) is 0 Å². The zero-order valence-corrected chi connectivity index (χ0v) is 27.0. The van der Waals surface area contributed by atoms with Gasteiger partial charge in [0.05, 0.1) is 11.4 Å². The Balaban J connectivity index is 0.000000230. The van der Waals surface area contributed by atoms with Crippen LogP contribution >= 0.6 is 0 Å². The van der Waals surface area contributed by atoms with E-state index in [1.807, 2.05) is 138 Å². The van der Waals surface area contributed by atoms with Gasteiger partial charge in [-0.1, -0.05) is 42.8 Å². The second kappa shape index (κ2) is 16.2. The molecule has 0 unspecified atom stereocenters. The number of aromatic nitrogens is 4. The third-order valence-electron chi connectivity index (χ3n) is 6.53. The summed E-state index contributed by atoms with van der Waals surface area (Å²) in [4.78, 5) is 22.1. The van der Waals surface area contributed by atoms with Crippen molar-refractivity contribution in [3.05, 3.63) is 134 Å². The van der Waals surface area contributed by atoms with Gasteiger partial charge < -0.3 is 9.80 Å². The van der Waals surface area contributed by atoms with Crippen LogP contribution in [0.3, 0.4) is 0 Å². The molecule has 0 amide bonds. The number of rotatable bonds is 6. The van der Waals surface area contributed by atoms with Gasteiger partial charge >= 0.3 is 0 Å². The van der Waals surface area contributed by atoms with E-state index in [1.165, 1.54) is 0 Å². The van der Waals surface area contributed by atoms with Crippen LogP contribution < -0.4 is 9.80 Å². The molecule has 6 rings (SSSR count). The van der Waals surface area contributed by atoms with E-state index in [1.54, 1.807) is 6.20 Å². The second-order valence-corrected chi connectivity index (χ2v) is 9.96. The Bertz CT molecular complexity index is 1610. The molecule has 1 radical (unpaired) electrons. The number of benzene rings is 2. The molecule has 2 aromatic carbocycles. The second-order valence-electron chi connectivity index (χ2n) is 9.96. The summed E-state index contributed by atoms with van der Waals surface area (Å²) in [5, 5.41) is 0. The molecule has 6 nitrogen and oxygen atoms in total. The Morgan fingerprint density at radius 2 is 1.05 bits per heavy atom. The fraction of sp³-hybridized carbons (Fsp3) is 0.135. The molecule has 4 heterocycles. The van der Waals surface area contributed by atoms with Crippen molar-refractivity contribution in [2.75, 3.05) is 38.0 Å². The number of anilines is 2. The van der Waals surface area contributed by atoms with Crippen molar-refractivity contribution in [3.63, 3.8) is 0 Å². The van der Waals surface area contributed by atoms with Crippen molar-refractivity contribution in [3.8, 4) is 45.2 Å². The third kappa shape index (κ3) is 8.66. The van der Waals surface area contributed by atoms with Gasteiger partial charge in [-0.2, -0.15) is 0 Å². The van der Waals surface area contributed by atoms with Crippen LogP contribution in [0.2, 0.25) is 0 Å². The quantitative estimate of drug-likeness (QED) is 0.161. The minimum atomic E-state index is 0. The number of pyridine rings is 4. The van der Waals surface area contributed by atoms with E-state index in [2.05, 4.69) is 43.0 Å². The normalized spacial score (nSPS) is 9.91. The van der Waals surface area contributed by atoms with Gasteiger partial charge in [0.25, 0.3) is 0 Å². The van der Waals surface area contributed by atoms with Crippen molar-refractivity contribution in [1.29, 1.82) is 0 Å². The number of nitrogens with zero attached hydrogens (tertiary/aromatic N) is 6. The summed E-state index contributed by atoms with van der Waals surface area (Å²) in [7, 11) is 8.07. The van der Waals surface area contributed by atoms with Gasteiger partial charge in [0, 0.05) is 89.6 Å². The van der Waals surface area contributed by atoms with Crippen LogP contribution in [-0.4, -0.2) is 48.1 Å². The topological polar surface area (TPSA) is 58.0 Å². The molecule has 0 fully saturated rings. The maximum Gasteiger partial charge on any atom is 0.0897 e. The van der Waals surface area contributed by atoms with E-state index in [-0.39, 0.29) is 27.5 Å².